The predicted octanol–water partition coefficient (Wildman–Crippen LogP) is 4.34. The quantitative estimate of drug-likeness (QED) is 0.650. The van der Waals surface area contributed by atoms with Gasteiger partial charge in [0.15, 0.2) is 0 Å². The highest BCUT2D eigenvalue weighted by molar-refractivity contribution is 5.92. The van der Waals surface area contributed by atoms with E-state index in [1.165, 1.54) is 11.1 Å². The van der Waals surface area contributed by atoms with Gasteiger partial charge in [-0.05, 0) is 23.3 Å². The minimum atomic E-state index is -0.0462. The van der Waals surface area contributed by atoms with Crippen molar-refractivity contribution in [2.75, 3.05) is 19.0 Å². The third-order valence-corrected chi connectivity index (χ3v) is 4.22. The molecule has 0 radical (unpaired) electrons. The first-order valence-electron chi connectivity index (χ1n) is 8.97. The number of nitrogens with zero attached hydrogens (tertiary/aromatic N) is 1. The first-order chi connectivity index (χ1) is 13.2. The lowest BCUT2D eigenvalue weighted by molar-refractivity contribution is -0.117. The van der Waals surface area contributed by atoms with Crippen LogP contribution in [0.25, 0.3) is 0 Å². The number of hydrogen-bond donors (Lipinski definition) is 1. The smallest absolute Gasteiger partial charge is 0.238 e. The summed E-state index contributed by atoms with van der Waals surface area (Å²) in [6, 6.07) is 27.8. The van der Waals surface area contributed by atoms with Crippen LogP contribution < -0.4 is 10.1 Å². The summed E-state index contributed by atoms with van der Waals surface area (Å²) in [5.41, 5.74) is 3.10. The number of ether oxygens (including phenoxy) is 1. The number of carbonyl (C=O) groups excluding carboxylic acids is 1. The van der Waals surface area contributed by atoms with Gasteiger partial charge in [0.05, 0.1) is 13.7 Å². The SMILES string of the molecule is COc1cccc(NC(=O)CN(Cc2ccccc2)Cc2ccccc2)c1. The van der Waals surface area contributed by atoms with Gasteiger partial charge in [-0.1, -0.05) is 66.7 Å². The van der Waals surface area contributed by atoms with Gasteiger partial charge in [0.2, 0.25) is 5.91 Å². The molecule has 0 aliphatic heterocycles. The van der Waals surface area contributed by atoms with E-state index in [9.17, 15) is 4.79 Å². The number of nitrogens with one attached hydrogen (secondary N) is 1. The van der Waals surface area contributed by atoms with Crippen molar-refractivity contribution in [3.05, 3.63) is 96.1 Å². The fraction of sp³-hybridized carbons (Fsp3) is 0.174. The van der Waals surface area contributed by atoms with E-state index < -0.39 is 0 Å². The Morgan fingerprint density at radius 2 is 1.44 bits per heavy atom. The van der Waals surface area contributed by atoms with Crippen molar-refractivity contribution in [3.8, 4) is 5.75 Å². The van der Waals surface area contributed by atoms with Crippen molar-refractivity contribution in [1.82, 2.24) is 4.90 Å². The average molecular weight is 360 g/mol. The minimum absolute atomic E-state index is 0.0462. The Balaban J connectivity index is 1.68. The first-order valence-corrected chi connectivity index (χ1v) is 8.97. The summed E-state index contributed by atoms with van der Waals surface area (Å²) >= 11 is 0. The van der Waals surface area contributed by atoms with Crippen LogP contribution >= 0.6 is 0 Å². The zero-order valence-corrected chi connectivity index (χ0v) is 15.5. The van der Waals surface area contributed by atoms with Gasteiger partial charge in [0, 0.05) is 24.8 Å². The van der Waals surface area contributed by atoms with Crippen LogP contribution in [0, 0.1) is 0 Å². The molecule has 0 aliphatic carbocycles. The Morgan fingerprint density at radius 3 is 2.00 bits per heavy atom. The van der Waals surface area contributed by atoms with E-state index in [-0.39, 0.29) is 5.91 Å². The molecule has 0 aliphatic rings. The second-order valence-electron chi connectivity index (χ2n) is 6.40. The van der Waals surface area contributed by atoms with Crippen LogP contribution in [0.4, 0.5) is 5.69 Å². The Hall–Kier alpha value is -3.11. The number of hydrogen-bond acceptors (Lipinski definition) is 3. The Labute approximate surface area is 160 Å². The van der Waals surface area contributed by atoms with E-state index in [1.807, 2.05) is 60.7 Å². The lowest BCUT2D eigenvalue weighted by atomic mass is 10.1. The highest BCUT2D eigenvalue weighted by Crippen LogP contribution is 2.17. The topological polar surface area (TPSA) is 41.6 Å². The Kier molecular flexibility index (Phi) is 6.61. The molecule has 0 fully saturated rings. The molecule has 3 aromatic carbocycles. The van der Waals surface area contributed by atoms with E-state index in [4.69, 9.17) is 4.74 Å². The fourth-order valence-electron chi connectivity index (χ4n) is 2.96. The first kappa shape index (κ1) is 18.7. The normalized spacial score (nSPS) is 10.6. The summed E-state index contributed by atoms with van der Waals surface area (Å²) in [7, 11) is 1.61. The molecule has 4 nitrogen and oxygen atoms in total. The van der Waals surface area contributed by atoms with Crippen LogP contribution in [0.5, 0.6) is 5.75 Å². The van der Waals surface area contributed by atoms with Gasteiger partial charge in [-0.3, -0.25) is 9.69 Å². The molecular formula is C23H24N2O2. The maximum Gasteiger partial charge on any atom is 0.238 e. The Bertz CT molecular complexity index is 809. The molecular weight excluding hydrogens is 336 g/mol. The number of carbonyl (C=O) groups is 1. The highest BCUT2D eigenvalue weighted by Gasteiger charge is 2.13. The van der Waals surface area contributed by atoms with Gasteiger partial charge in [-0.2, -0.15) is 0 Å². The predicted molar refractivity (Wildman–Crippen MR) is 109 cm³/mol. The van der Waals surface area contributed by atoms with E-state index >= 15 is 0 Å². The van der Waals surface area contributed by atoms with Crippen molar-refractivity contribution in [2.24, 2.45) is 0 Å². The van der Waals surface area contributed by atoms with Crippen molar-refractivity contribution in [3.63, 3.8) is 0 Å². The summed E-state index contributed by atoms with van der Waals surface area (Å²) in [5.74, 6) is 0.674. The second kappa shape index (κ2) is 9.55. The number of amides is 1. The van der Waals surface area contributed by atoms with Crippen molar-refractivity contribution < 1.29 is 9.53 Å². The van der Waals surface area contributed by atoms with E-state index in [1.54, 1.807) is 7.11 Å². The molecule has 1 amide bonds. The van der Waals surface area contributed by atoms with E-state index in [2.05, 4.69) is 34.5 Å². The number of benzene rings is 3. The van der Waals surface area contributed by atoms with Gasteiger partial charge in [-0.15, -0.1) is 0 Å². The number of rotatable bonds is 8. The van der Waals surface area contributed by atoms with Crippen LogP contribution in [0.15, 0.2) is 84.9 Å². The van der Waals surface area contributed by atoms with Gasteiger partial charge in [-0.25, -0.2) is 0 Å². The van der Waals surface area contributed by atoms with Crippen LogP contribution in [0.1, 0.15) is 11.1 Å². The van der Waals surface area contributed by atoms with Gasteiger partial charge < -0.3 is 10.1 Å². The fourth-order valence-corrected chi connectivity index (χ4v) is 2.96. The molecule has 0 saturated heterocycles. The molecule has 0 bridgehead atoms. The van der Waals surface area contributed by atoms with Crippen molar-refractivity contribution >= 4 is 11.6 Å². The summed E-state index contributed by atoms with van der Waals surface area (Å²) in [5, 5.41) is 2.96. The lowest BCUT2D eigenvalue weighted by Crippen LogP contribution is -2.32. The summed E-state index contributed by atoms with van der Waals surface area (Å²) in [4.78, 5) is 14.7. The highest BCUT2D eigenvalue weighted by atomic mass is 16.5. The maximum atomic E-state index is 12.6. The number of methoxy groups -OCH3 is 1. The molecule has 0 atom stereocenters. The molecule has 4 heteroatoms. The molecule has 138 valence electrons. The standard InChI is InChI=1S/C23H24N2O2/c1-27-22-14-8-13-21(15-22)24-23(26)18-25(16-19-9-4-2-5-10-19)17-20-11-6-3-7-12-20/h2-15H,16-18H2,1H3,(H,24,26). The molecule has 27 heavy (non-hydrogen) atoms. The summed E-state index contributed by atoms with van der Waals surface area (Å²) < 4.78 is 5.21. The van der Waals surface area contributed by atoms with E-state index in [0.29, 0.717) is 19.6 Å². The van der Waals surface area contributed by atoms with Gasteiger partial charge in [0.25, 0.3) is 0 Å². The molecule has 0 saturated carbocycles. The maximum absolute atomic E-state index is 12.6. The summed E-state index contributed by atoms with van der Waals surface area (Å²) in [6.45, 7) is 1.73. The molecule has 0 aromatic heterocycles. The average Bonchev–Trinajstić information content (AvgIpc) is 2.69. The van der Waals surface area contributed by atoms with Crippen LogP contribution in [-0.2, 0) is 17.9 Å². The van der Waals surface area contributed by atoms with Gasteiger partial charge >= 0.3 is 0 Å². The zero-order chi connectivity index (χ0) is 18.9. The third-order valence-electron chi connectivity index (χ3n) is 4.22. The molecule has 1 N–H and O–H groups in total. The zero-order valence-electron chi connectivity index (χ0n) is 15.5. The molecule has 0 heterocycles. The largest absolute Gasteiger partial charge is 0.497 e. The third kappa shape index (κ3) is 5.97. The van der Waals surface area contributed by atoms with Crippen LogP contribution in [-0.4, -0.2) is 24.5 Å². The second-order valence-corrected chi connectivity index (χ2v) is 6.40. The molecule has 3 aromatic rings. The van der Waals surface area contributed by atoms with Gasteiger partial charge in [0.1, 0.15) is 5.75 Å². The van der Waals surface area contributed by atoms with Crippen LogP contribution in [0.2, 0.25) is 0 Å². The summed E-state index contributed by atoms with van der Waals surface area (Å²) in [6.07, 6.45) is 0. The molecule has 0 spiro atoms. The Morgan fingerprint density at radius 1 is 0.852 bits per heavy atom. The van der Waals surface area contributed by atoms with Crippen molar-refractivity contribution in [2.45, 2.75) is 13.1 Å². The molecule has 0 unspecified atom stereocenters. The monoisotopic (exact) mass is 360 g/mol. The van der Waals surface area contributed by atoms with E-state index in [0.717, 1.165) is 11.4 Å². The van der Waals surface area contributed by atoms with Crippen molar-refractivity contribution in [1.29, 1.82) is 0 Å². The minimum Gasteiger partial charge on any atom is -0.497 e. The number of anilines is 1. The molecule has 3 rings (SSSR count). The lowest BCUT2D eigenvalue weighted by Gasteiger charge is -2.22. The van der Waals surface area contributed by atoms with Crippen LogP contribution in [0.3, 0.4) is 0 Å².